The summed E-state index contributed by atoms with van der Waals surface area (Å²) in [5.41, 5.74) is 6.02. The summed E-state index contributed by atoms with van der Waals surface area (Å²) in [6.07, 6.45) is 7.84. The van der Waals surface area contributed by atoms with E-state index in [4.69, 9.17) is 5.73 Å². The Kier molecular flexibility index (Phi) is 5.53. The topological polar surface area (TPSA) is 55.1 Å². The first-order chi connectivity index (χ1) is 7.63. The molecule has 3 atom stereocenters. The molecule has 1 aliphatic rings. The van der Waals surface area contributed by atoms with Gasteiger partial charge in [0.05, 0.1) is 0 Å². The van der Waals surface area contributed by atoms with Gasteiger partial charge < -0.3 is 11.1 Å². The summed E-state index contributed by atoms with van der Waals surface area (Å²) < 4.78 is 0. The van der Waals surface area contributed by atoms with Gasteiger partial charge in [0.15, 0.2) is 0 Å². The molecule has 0 radical (unpaired) electrons. The highest BCUT2D eigenvalue weighted by Gasteiger charge is 2.24. The van der Waals surface area contributed by atoms with Crippen LogP contribution in [0.5, 0.6) is 0 Å². The molecule has 3 heteroatoms. The molecule has 1 saturated carbocycles. The third-order valence-electron chi connectivity index (χ3n) is 3.34. The SMILES string of the molecule is C=CCC(C)NC(=O)CC1CCCCC1N. The van der Waals surface area contributed by atoms with Crippen molar-refractivity contribution >= 4 is 5.91 Å². The van der Waals surface area contributed by atoms with Crippen LogP contribution in [0.3, 0.4) is 0 Å². The van der Waals surface area contributed by atoms with E-state index in [2.05, 4.69) is 11.9 Å². The van der Waals surface area contributed by atoms with Crippen LogP contribution in [0.4, 0.5) is 0 Å². The van der Waals surface area contributed by atoms with Crippen LogP contribution < -0.4 is 11.1 Å². The van der Waals surface area contributed by atoms with Gasteiger partial charge in [-0.1, -0.05) is 18.9 Å². The Morgan fingerprint density at radius 2 is 2.25 bits per heavy atom. The lowest BCUT2D eigenvalue weighted by Crippen LogP contribution is -2.39. The van der Waals surface area contributed by atoms with Crippen LogP contribution in [-0.2, 0) is 4.79 Å². The normalized spacial score (nSPS) is 27.1. The molecule has 1 fully saturated rings. The third-order valence-corrected chi connectivity index (χ3v) is 3.34. The molecule has 0 heterocycles. The summed E-state index contributed by atoms with van der Waals surface area (Å²) in [4.78, 5) is 11.7. The summed E-state index contributed by atoms with van der Waals surface area (Å²) in [6, 6.07) is 0.402. The van der Waals surface area contributed by atoms with E-state index in [1.54, 1.807) is 0 Å². The molecule has 1 aliphatic carbocycles. The van der Waals surface area contributed by atoms with Gasteiger partial charge in [0.1, 0.15) is 0 Å². The van der Waals surface area contributed by atoms with E-state index >= 15 is 0 Å². The Labute approximate surface area is 98.5 Å². The number of hydrogen-bond donors (Lipinski definition) is 2. The minimum absolute atomic E-state index is 0.136. The van der Waals surface area contributed by atoms with Gasteiger partial charge in [-0.15, -0.1) is 6.58 Å². The van der Waals surface area contributed by atoms with Crippen LogP contribution in [0, 0.1) is 5.92 Å². The Morgan fingerprint density at radius 3 is 2.88 bits per heavy atom. The Morgan fingerprint density at radius 1 is 1.56 bits per heavy atom. The third kappa shape index (κ3) is 4.35. The zero-order valence-corrected chi connectivity index (χ0v) is 10.2. The smallest absolute Gasteiger partial charge is 0.220 e. The maximum atomic E-state index is 11.7. The Bertz CT molecular complexity index is 240. The molecule has 16 heavy (non-hydrogen) atoms. The summed E-state index contributed by atoms with van der Waals surface area (Å²) in [6.45, 7) is 5.66. The highest BCUT2D eigenvalue weighted by molar-refractivity contribution is 5.76. The van der Waals surface area contributed by atoms with E-state index in [1.807, 2.05) is 13.0 Å². The van der Waals surface area contributed by atoms with Crippen molar-refractivity contribution in [2.45, 2.75) is 57.5 Å². The number of carbonyl (C=O) groups excluding carboxylic acids is 1. The van der Waals surface area contributed by atoms with E-state index in [0.29, 0.717) is 12.3 Å². The molecule has 3 nitrogen and oxygen atoms in total. The minimum atomic E-state index is 0.136. The Balaban J connectivity index is 2.29. The lowest BCUT2D eigenvalue weighted by atomic mass is 9.83. The van der Waals surface area contributed by atoms with Crippen molar-refractivity contribution in [3.63, 3.8) is 0 Å². The molecule has 0 aromatic carbocycles. The average molecular weight is 224 g/mol. The maximum Gasteiger partial charge on any atom is 0.220 e. The number of carbonyl (C=O) groups is 1. The van der Waals surface area contributed by atoms with E-state index < -0.39 is 0 Å². The average Bonchev–Trinajstić information content (AvgIpc) is 2.21. The summed E-state index contributed by atoms with van der Waals surface area (Å²) >= 11 is 0. The van der Waals surface area contributed by atoms with E-state index in [1.165, 1.54) is 12.8 Å². The predicted octanol–water partition coefficient (Wildman–Crippen LogP) is 1.97. The molecule has 1 amide bonds. The van der Waals surface area contributed by atoms with Crippen LogP contribution in [-0.4, -0.2) is 18.0 Å². The summed E-state index contributed by atoms with van der Waals surface area (Å²) in [5.74, 6) is 0.515. The van der Waals surface area contributed by atoms with Crippen molar-refractivity contribution in [1.82, 2.24) is 5.32 Å². The van der Waals surface area contributed by atoms with Gasteiger partial charge in [-0.25, -0.2) is 0 Å². The second-order valence-electron chi connectivity index (χ2n) is 4.91. The van der Waals surface area contributed by atoms with Crippen LogP contribution in [0.15, 0.2) is 12.7 Å². The zero-order valence-electron chi connectivity index (χ0n) is 10.2. The van der Waals surface area contributed by atoms with Crippen molar-refractivity contribution in [3.05, 3.63) is 12.7 Å². The van der Waals surface area contributed by atoms with Crippen LogP contribution in [0.2, 0.25) is 0 Å². The first kappa shape index (κ1) is 13.2. The molecule has 1 rings (SSSR count). The second-order valence-corrected chi connectivity index (χ2v) is 4.91. The first-order valence-electron chi connectivity index (χ1n) is 6.29. The van der Waals surface area contributed by atoms with Gasteiger partial charge in [-0.3, -0.25) is 4.79 Å². The molecule has 0 aromatic heterocycles. The summed E-state index contributed by atoms with van der Waals surface area (Å²) in [5, 5.41) is 2.98. The number of nitrogens with one attached hydrogen (secondary N) is 1. The van der Waals surface area contributed by atoms with Crippen molar-refractivity contribution in [1.29, 1.82) is 0 Å². The zero-order chi connectivity index (χ0) is 12.0. The maximum absolute atomic E-state index is 11.7. The highest BCUT2D eigenvalue weighted by Crippen LogP contribution is 2.25. The van der Waals surface area contributed by atoms with Crippen molar-refractivity contribution in [2.75, 3.05) is 0 Å². The van der Waals surface area contributed by atoms with Crippen molar-refractivity contribution in [3.8, 4) is 0 Å². The molecular formula is C13H24N2O. The van der Waals surface area contributed by atoms with Gasteiger partial charge in [0, 0.05) is 18.5 Å². The van der Waals surface area contributed by atoms with E-state index in [0.717, 1.165) is 19.3 Å². The standard InChI is InChI=1S/C13H24N2O/c1-3-6-10(2)15-13(16)9-11-7-4-5-8-12(11)14/h3,10-12H,1,4-9,14H2,2H3,(H,15,16). The largest absolute Gasteiger partial charge is 0.353 e. The molecule has 0 saturated heterocycles. The Hall–Kier alpha value is -0.830. The fourth-order valence-corrected chi connectivity index (χ4v) is 2.37. The van der Waals surface area contributed by atoms with Crippen LogP contribution in [0.1, 0.15) is 45.4 Å². The minimum Gasteiger partial charge on any atom is -0.353 e. The van der Waals surface area contributed by atoms with Gasteiger partial charge in [0.25, 0.3) is 0 Å². The number of rotatable bonds is 5. The van der Waals surface area contributed by atoms with Crippen molar-refractivity contribution in [2.24, 2.45) is 11.7 Å². The molecule has 0 bridgehead atoms. The quantitative estimate of drug-likeness (QED) is 0.702. The van der Waals surface area contributed by atoms with Crippen molar-refractivity contribution < 1.29 is 4.79 Å². The number of hydrogen-bond acceptors (Lipinski definition) is 2. The number of nitrogens with two attached hydrogens (primary N) is 1. The first-order valence-corrected chi connectivity index (χ1v) is 6.29. The predicted molar refractivity (Wildman–Crippen MR) is 67.0 cm³/mol. The highest BCUT2D eigenvalue weighted by atomic mass is 16.1. The van der Waals surface area contributed by atoms with Crippen LogP contribution >= 0.6 is 0 Å². The second kappa shape index (κ2) is 6.69. The molecule has 0 spiro atoms. The van der Waals surface area contributed by atoms with Gasteiger partial charge >= 0.3 is 0 Å². The van der Waals surface area contributed by atoms with Gasteiger partial charge in [-0.2, -0.15) is 0 Å². The van der Waals surface area contributed by atoms with Gasteiger partial charge in [-0.05, 0) is 32.1 Å². The van der Waals surface area contributed by atoms with Gasteiger partial charge in [0.2, 0.25) is 5.91 Å². The lowest BCUT2D eigenvalue weighted by molar-refractivity contribution is -0.123. The molecule has 3 unspecified atom stereocenters. The molecule has 0 aromatic rings. The van der Waals surface area contributed by atoms with E-state index in [-0.39, 0.29) is 18.0 Å². The fraction of sp³-hybridized carbons (Fsp3) is 0.769. The summed E-state index contributed by atoms with van der Waals surface area (Å²) in [7, 11) is 0. The van der Waals surface area contributed by atoms with E-state index in [9.17, 15) is 4.79 Å². The molecule has 0 aliphatic heterocycles. The van der Waals surface area contributed by atoms with Crippen LogP contribution in [0.25, 0.3) is 0 Å². The monoisotopic (exact) mass is 224 g/mol. The fourth-order valence-electron chi connectivity index (χ4n) is 2.37. The molecular weight excluding hydrogens is 200 g/mol. The number of amides is 1. The molecule has 3 N–H and O–H groups in total. The molecule has 92 valence electrons. The lowest BCUT2D eigenvalue weighted by Gasteiger charge is -2.28.